The molecule has 0 aliphatic carbocycles. The molecule has 1 heterocycles. The molecule has 0 saturated heterocycles. The molecule has 0 radical (unpaired) electrons. The number of benzene rings is 2. The first kappa shape index (κ1) is 14.4. The van der Waals surface area contributed by atoms with Crippen LogP contribution >= 0.6 is 11.6 Å². The fourth-order valence-electron chi connectivity index (χ4n) is 3.06. The first-order valence-electron chi connectivity index (χ1n) is 7.46. The van der Waals surface area contributed by atoms with Crippen molar-refractivity contribution in [1.82, 2.24) is 0 Å². The van der Waals surface area contributed by atoms with Crippen molar-refractivity contribution in [2.24, 2.45) is 5.73 Å². The number of hydrogen-bond donors (Lipinski definition) is 1. The second kappa shape index (κ2) is 6.08. The Morgan fingerprint density at radius 3 is 2.86 bits per heavy atom. The van der Waals surface area contributed by atoms with Crippen LogP contribution in [-0.2, 0) is 19.3 Å². The molecule has 3 rings (SSSR count). The third kappa shape index (κ3) is 2.92. The van der Waals surface area contributed by atoms with Gasteiger partial charge in [-0.2, -0.15) is 0 Å². The average Bonchev–Trinajstić information content (AvgIpc) is 2.95. The van der Waals surface area contributed by atoms with Crippen molar-refractivity contribution < 1.29 is 4.74 Å². The predicted molar refractivity (Wildman–Crippen MR) is 87.1 cm³/mol. The zero-order chi connectivity index (χ0) is 14.8. The molecule has 2 aromatic rings. The van der Waals surface area contributed by atoms with E-state index in [1.165, 1.54) is 16.7 Å². The normalized spacial score (nSPS) is 14.6. The van der Waals surface area contributed by atoms with Gasteiger partial charge in [0, 0.05) is 17.5 Å². The topological polar surface area (TPSA) is 35.2 Å². The van der Waals surface area contributed by atoms with Crippen molar-refractivity contribution >= 4 is 11.6 Å². The monoisotopic (exact) mass is 301 g/mol. The van der Waals surface area contributed by atoms with Gasteiger partial charge in [0.05, 0.1) is 6.61 Å². The number of ether oxygens (including phenoxy) is 1. The highest BCUT2D eigenvalue weighted by atomic mass is 35.5. The second-order valence-corrected chi connectivity index (χ2v) is 5.95. The van der Waals surface area contributed by atoms with Gasteiger partial charge >= 0.3 is 0 Å². The molecule has 0 amide bonds. The summed E-state index contributed by atoms with van der Waals surface area (Å²) < 4.78 is 5.76. The van der Waals surface area contributed by atoms with E-state index in [-0.39, 0.29) is 6.04 Å². The molecule has 0 fully saturated rings. The van der Waals surface area contributed by atoms with E-state index in [1.807, 2.05) is 18.2 Å². The summed E-state index contributed by atoms with van der Waals surface area (Å²) >= 11 is 6.22. The summed E-state index contributed by atoms with van der Waals surface area (Å²) in [6.07, 6.45) is 2.68. The van der Waals surface area contributed by atoms with E-state index in [9.17, 15) is 0 Å². The third-order valence-corrected chi connectivity index (χ3v) is 4.32. The van der Waals surface area contributed by atoms with E-state index in [0.717, 1.165) is 42.2 Å². The summed E-state index contributed by atoms with van der Waals surface area (Å²) in [5.74, 6) is 0.990. The van der Waals surface area contributed by atoms with E-state index >= 15 is 0 Å². The minimum atomic E-state index is -0.0343. The molecule has 0 spiro atoms. The van der Waals surface area contributed by atoms with Crippen LogP contribution in [0.3, 0.4) is 0 Å². The first-order chi connectivity index (χ1) is 10.2. The van der Waals surface area contributed by atoms with Gasteiger partial charge in [-0.3, -0.25) is 0 Å². The van der Waals surface area contributed by atoms with Gasteiger partial charge in [-0.25, -0.2) is 0 Å². The molecule has 1 unspecified atom stereocenters. The van der Waals surface area contributed by atoms with Gasteiger partial charge in [-0.15, -0.1) is 0 Å². The number of nitrogens with two attached hydrogens (primary N) is 1. The summed E-state index contributed by atoms with van der Waals surface area (Å²) in [5.41, 5.74) is 11.3. The number of aryl methyl sites for hydroxylation is 1. The maximum Gasteiger partial charge on any atom is 0.125 e. The van der Waals surface area contributed by atoms with Crippen LogP contribution in [0.15, 0.2) is 36.4 Å². The van der Waals surface area contributed by atoms with Crippen LogP contribution in [0.4, 0.5) is 0 Å². The van der Waals surface area contributed by atoms with Crippen LogP contribution < -0.4 is 10.5 Å². The highest BCUT2D eigenvalue weighted by Gasteiger charge is 2.20. The number of hydrogen-bond acceptors (Lipinski definition) is 2. The van der Waals surface area contributed by atoms with Crippen molar-refractivity contribution in [1.29, 1.82) is 0 Å². The Morgan fingerprint density at radius 2 is 2.05 bits per heavy atom. The summed E-state index contributed by atoms with van der Waals surface area (Å²) in [5, 5.41) is 0.769. The quantitative estimate of drug-likeness (QED) is 0.923. The second-order valence-electron chi connectivity index (χ2n) is 5.51. The summed E-state index contributed by atoms with van der Waals surface area (Å²) in [7, 11) is 0. The van der Waals surface area contributed by atoms with Crippen LogP contribution in [0.25, 0.3) is 0 Å². The maximum atomic E-state index is 6.45. The van der Waals surface area contributed by atoms with Gasteiger partial charge in [0.25, 0.3) is 0 Å². The van der Waals surface area contributed by atoms with Gasteiger partial charge in [-0.1, -0.05) is 42.8 Å². The van der Waals surface area contributed by atoms with Crippen molar-refractivity contribution in [2.75, 3.05) is 6.61 Å². The fourth-order valence-corrected chi connectivity index (χ4v) is 3.33. The van der Waals surface area contributed by atoms with E-state index in [1.54, 1.807) is 0 Å². The van der Waals surface area contributed by atoms with Crippen LogP contribution in [-0.4, -0.2) is 6.61 Å². The van der Waals surface area contributed by atoms with Crippen molar-refractivity contribution in [3.05, 3.63) is 63.7 Å². The third-order valence-electron chi connectivity index (χ3n) is 4.10. The Balaban J connectivity index is 1.90. The SMILES string of the molecule is CCc1ccccc1C(N)Cc1cc(Cl)cc2c1OCC2. The lowest BCUT2D eigenvalue weighted by Gasteiger charge is -2.17. The highest BCUT2D eigenvalue weighted by Crippen LogP contribution is 2.35. The Bertz CT molecular complexity index is 654. The molecule has 2 nitrogen and oxygen atoms in total. The Labute approximate surface area is 130 Å². The van der Waals surface area contributed by atoms with Gasteiger partial charge in [-0.05, 0) is 47.2 Å². The van der Waals surface area contributed by atoms with E-state index in [4.69, 9.17) is 22.1 Å². The number of fused-ring (bicyclic) bond motifs is 1. The predicted octanol–water partition coefficient (Wildman–Crippen LogP) is 4.08. The molecule has 3 heteroatoms. The molecule has 0 saturated carbocycles. The smallest absolute Gasteiger partial charge is 0.125 e. The fraction of sp³-hybridized carbons (Fsp3) is 0.333. The van der Waals surface area contributed by atoms with Crippen molar-refractivity contribution in [3.63, 3.8) is 0 Å². The summed E-state index contributed by atoms with van der Waals surface area (Å²) in [4.78, 5) is 0. The Kier molecular flexibility index (Phi) is 4.18. The molecule has 0 bridgehead atoms. The van der Waals surface area contributed by atoms with Crippen LogP contribution in [0, 0.1) is 0 Å². The van der Waals surface area contributed by atoms with Crippen LogP contribution in [0.2, 0.25) is 5.02 Å². The zero-order valence-electron chi connectivity index (χ0n) is 12.2. The lowest BCUT2D eigenvalue weighted by atomic mass is 9.93. The lowest BCUT2D eigenvalue weighted by Crippen LogP contribution is -2.15. The van der Waals surface area contributed by atoms with Gasteiger partial charge in [0.2, 0.25) is 0 Å². The molecular weight excluding hydrogens is 282 g/mol. The lowest BCUT2D eigenvalue weighted by molar-refractivity contribution is 0.352. The van der Waals surface area contributed by atoms with Crippen molar-refractivity contribution in [3.8, 4) is 5.75 Å². The number of rotatable bonds is 4. The highest BCUT2D eigenvalue weighted by molar-refractivity contribution is 6.30. The summed E-state index contributed by atoms with van der Waals surface area (Å²) in [6, 6.07) is 12.3. The molecule has 1 atom stereocenters. The molecule has 110 valence electrons. The standard InChI is InChI=1S/C18H20ClNO/c1-2-12-5-3-4-6-16(12)17(20)11-14-10-15(19)9-13-7-8-21-18(13)14/h3-6,9-10,17H,2,7-8,11,20H2,1H3. The van der Waals surface area contributed by atoms with E-state index in [2.05, 4.69) is 25.1 Å². The minimum absolute atomic E-state index is 0.0343. The van der Waals surface area contributed by atoms with Gasteiger partial charge in [0.15, 0.2) is 0 Å². The zero-order valence-corrected chi connectivity index (χ0v) is 13.0. The summed E-state index contributed by atoms with van der Waals surface area (Å²) in [6.45, 7) is 2.90. The van der Waals surface area contributed by atoms with E-state index < -0.39 is 0 Å². The van der Waals surface area contributed by atoms with Crippen LogP contribution in [0.1, 0.15) is 35.2 Å². The molecule has 21 heavy (non-hydrogen) atoms. The Hall–Kier alpha value is -1.51. The molecular formula is C18H20ClNO. The molecule has 2 N–H and O–H groups in total. The van der Waals surface area contributed by atoms with Crippen LogP contribution in [0.5, 0.6) is 5.75 Å². The molecule has 0 aromatic heterocycles. The molecule has 1 aliphatic heterocycles. The minimum Gasteiger partial charge on any atom is -0.493 e. The van der Waals surface area contributed by atoms with Gasteiger partial charge < -0.3 is 10.5 Å². The number of halogens is 1. The molecule has 1 aliphatic rings. The first-order valence-corrected chi connectivity index (χ1v) is 7.84. The largest absolute Gasteiger partial charge is 0.493 e. The maximum absolute atomic E-state index is 6.45. The molecule has 2 aromatic carbocycles. The Morgan fingerprint density at radius 1 is 1.24 bits per heavy atom. The average molecular weight is 302 g/mol. The van der Waals surface area contributed by atoms with E-state index in [0.29, 0.717) is 0 Å². The van der Waals surface area contributed by atoms with Gasteiger partial charge in [0.1, 0.15) is 5.75 Å². The van der Waals surface area contributed by atoms with Crippen molar-refractivity contribution in [2.45, 2.75) is 32.2 Å².